The van der Waals surface area contributed by atoms with Gasteiger partial charge in [-0.15, -0.1) is 0 Å². The van der Waals surface area contributed by atoms with Gasteiger partial charge in [-0.3, -0.25) is 9.69 Å². The molecule has 2 N–H and O–H groups in total. The number of aromatic nitrogens is 1. The molecule has 3 aromatic rings. The summed E-state index contributed by atoms with van der Waals surface area (Å²) in [7, 11) is 0. The fourth-order valence-electron chi connectivity index (χ4n) is 3.44. The molecule has 1 atom stereocenters. The van der Waals surface area contributed by atoms with Gasteiger partial charge in [-0.1, -0.05) is 29.4 Å². The molecule has 0 aliphatic carbocycles. The van der Waals surface area contributed by atoms with Gasteiger partial charge in [0.05, 0.1) is 24.5 Å². The minimum atomic E-state index is -0.564. The lowest BCUT2D eigenvalue weighted by Crippen LogP contribution is -2.33. The van der Waals surface area contributed by atoms with Gasteiger partial charge in [0.15, 0.2) is 0 Å². The Morgan fingerprint density at radius 3 is 2.66 bits per heavy atom. The van der Waals surface area contributed by atoms with E-state index in [2.05, 4.69) is 15.8 Å². The molecule has 4 rings (SSSR count). The number of aryl methyl sites for hydroxylation is 1. The second kappa shape index (κ2) is 9.09. The van der Waals surface area contributed by atoms with Crippen molar-refractivity contribution in [3.8, 4) is 11.1 Å². The van der Waals surface area contributed by atoms with Crippen molar-refractivity contribution in [2.45, 2.75) is 26.5 Å². The Kier molecular flexibility index (Phi) is 6.07. The summed E-state index contributed by atoms with van der Waals surface area (Å²) in [4.78, 5) is 24.6. The van der Waals surface area contributed by atoms with Crippen LogP contribution in [0.15, 0.2) is 53.1 Å². The van der Waals surface area contributed by atoms with Crippen molar-refractivity contribution < 1.29 is 23.2 Å². The molecule has 0 spiro atoms. The second-order valence-corrected chi connectivity index (χ2v) is 7.60. The van der Waals surface area contributed by atoms with E-state index in [-0.39, 0.29) is 19.0 Å². The van der Waals surface area contributed by atoms with Crippen LogP contribution in [-0.2, 0) is 16.1 Å². The number of carbonyl (C=O) groups excluding carboxylic acids is 2. The number of nitrogens with zero attached hydrogens (tertiary/aromatic N) is 2. The maximum absolute atomic E-state index is 14.9. The quantitative estimate of drug-likeness (QED) is 0.582. The molecule has 2 heterocycles. The summed E-state index contributed by atoms with van der Waals surface area (Å²) in [5.74, 6) is -0.0543. The zero-order valence-electron chi connectivity index (χ0n) is 17.7. The number of carbonyl (C=O) groups is 2. The van der Waals surface area contributed by atoms with Gasteiger partial charge in [0.2, 0.25) is 11.8 Å². The van der Waals surface area contributed by atoms with E-state index < -0.39 is 18.0 Å². The predicted octanol–water partition coefficient (Wildman–Crippen LogP) is 3.86. The number of hydrogen-bond donors (Lipinski definition) is 2. The van der Waals surface area contributed by atoms with E-state index in [4.69, 9.17) is 9.26 Å². The monoisotopic (exact) mass is 438 g/mol. The molecule has 32 heavy (non-hydrogen) atoms. The van der Waals surface area contributed by atoms with Crippen molar-refractivity contribution in [2.24, 2.45) is 0 Å². The molecular formula is C23H23FN4O4. The first-order valence-corrected chi connectivity index (χ1v) is 10.2. The van der Waals surface area contributed by atoms with Gasteiger partial charge in [0.1, 0.15) is 11.9 Å². The summed E-state index contributed by atoms with van der Waals surface area (Å²) in [6.07, 6.45) is -1.04. The molecule has 2 aromatic carbocycles. The molecule has 1 saturated heterocycles. The zero-order chi connectivity index (χ0) is 22.7. The summed E-state index contributed by atoms with van der Waals surface area (Å²) in [6.45, 7) is 4.25. The molecule has 9 heteroatoms. The summed E-state index contributed by atoms with van der Waals surface area (Å²) in [5.41, 5.74) is 3.36. The molecule has 0 bridgehead atoms. The maximum Gasteiger partial charge on any atom is 0.414 e. The highest BCUT2D eigenvalue weighted by molar-refractivity contribution is 5.90. The van der Waals surface area contributed by atoms with Crippen LogP contribution in [0.4, 0.5) is 20.8 Å². The summed E-state index contributed by atoms with van der Waals surface area (Å²) >= 11 is 0. The molecule has 0 saturated carbocycles. The first-order chi connectivity index (χ1) is 15.4. The van der Waals surface area contributed by atoms with E-state index in [9.17, 15) is 14.0 Å². The highest BCUT2D eigenvalue weighted by Gasteiger charge is 2.32. The molecule has 0 radical (unpaired) electrons. The van der Waals surface area contributed by atoms with Crippen LogP contribution in [0.1, 0.15) is 18.2 Å². The van der Waals surface area contributed by atoms with E-state index in [1.807, 2.05) is 37.3 Å². The topological polar surface area (TPSA) is 96.7 Å². The number of hydrogen-bond acceptors (Lipinski definition) is 6. The van der Waals surface area contributed by atoms with Crippen LogP contribution in [0, 0.1) is 12.7 Å². The fraction of sp³-hybridized carbons (Fsp3) is 0.261. The number of cyclic esters (lactones) is 1. The Labute approximate surface area is 184 Å². The number of rotatable bonds is 7. The molecule has 0 unspecified atom stereocenters. The van der Waals surface area contributed by atoms with Crippen LogP contribution in [0.25, 0.3) is 11.1 Å². The molecule has 1 aliphatic heterocycles. The van der Waals surface area contributed by atoms with Crippen molar-refractivity contribution in [1.29, 1.82) is 0 Å². The van der Waals surface area contributed by atoms with Crippen molar-refractivity contribution in [1.82, 2.24) is 10.5 Å². The Morgan fingerprint density at radius 1 is 1.22 bits per heavy atom. The molecule has 166 valence electrons. The van der Waals surface area contributed by atoms with Gasteiger partial charge in [-0.2, -0.15) is 0 Å². The Hall–Kier alpha value is -3.88. The molecule has 1 fully saturated rings. The van der Waals surface area contributed by atoms with Crippen molar-refractivity contribution in [2.75, 3.05) is 23.3 Å². The van der Waals surface area contributed by atoms with Crippen LogP contribution >= 0.6 is 0 Å². The first-order valence-electron chi connectivity index (χ1n) is 10.2. The minimum absolute atomic E-state index is 0.204. The van der Waals surface area contributed by atoms with Gasteiger partial charge in [0.25, 0.3) is 0 Å². The number of ether oxygens (including phenoxy) is 1. The third kappa shape index (κ3) is 4.88. The smallest absolute Gasteiger partial charge is 0.414 e. The van der Waals surface area contributed by atoms with Crippen LogP contribution in [0.3, 0.4) is 0 Å². The predicted molar refractivity (Wildman–Crippen MR) is 117 cm³/mol. The standard InChI is InChI=1S/C23H23FN4O4/c1-14-9-22(32-27-14)26-11-16-3-5-17(6-4-16)20-8-7-18(10-21(20)24)28-13-19(31-23(28)30)12-25-15(2)29/h3-10,19,26H,11-13H2,1-2H3,(H,25,29)/t19-/m0/s1. The number of halogens is 1. The fourth-order valence-corrected chi connectivity index (χ4v) is 3.44. The minimum Gasteiger partial charge on any atom is -0.442 e. The Bertz CT molecular complexity index is 1130. The third-order valence-corrected chi connectivity index (χ3v) is 5.08. The van der Waals surface area contributed by atoms with Crippen molar-refractivity contribution >= 4 is 23.6 Å². The van der Waals surface area contributed by atoms with E-state index in [1.54, 1.807) is 12.1 Å². The first kappa shape index (κ1) is 21.4. The zero-order valence-corrected chi connectivity index (χ0v) is 17.7. The third-order valence-electron chi connectivity index (χ3n) is 5.08. The van der Waals surface area contributed by atoms with E-state index >= 15 is 0 Å². The van der Waals surface area contributed by atoms with E-state index in [0.717, 1.165) is 16.8 Å². The normalized spacial score (nSPS) is 15.5. The molecular weight excluding hydrogens is 415 g/mol. The number of nitrogens with one attached hydrogen (secondary N) is 2. The molecule has 1 aromatic heterocycles. The van der Waals surface area contributed by atoms with Gasteiger partial charge < -0.3 is 19.9 Å². The highest BCUT2D eigenvalue weighted by Crippen LogP contribution is 2.29. The molecule has 8 nitrogen and oxygen atoms in total. The van der Waals surface area contributed by atoms with Crippen LogP contribution < -0.4 is 15.5 Å². The second-order valence-electron chi connectivity index (χ2n) is 7.60. The largest absolute Gasteiger partial charge is 0.442 e. The van der Waals surface area contributed by atoms with Gasteiger partial charge in [-0.25, -0.2) is 9.18 Å². The molecule has 2 amide bonds. The summed E-state index contributed by atoms with van der Waals surface area (Å²) in [6, 6.07) is 13.9. The Balaban J connectivity index is 1.41. The van der Waals surface area contributed by atoms with Gasteiger partial charge in [-0.05, 0) is 36.2 Å². The number of benzene rings is 2. The lowest BCUT2D eigenvalue weighted by atomic mass is 10.0. The average molecular weight is 438 g/mol. The average Bonchev–Trinajstić information content (AvgIpc) is 3.36. The lowest BCUT2D eigenvalue weighted by molar-refractivity contribution is -0.119. The molecule has 1 aliphatic rings. The van der Waals surface area contributed by atoms with Gasteiger partial charge >= 0.3 is 6.09 Å². The Morgan fingerprint density at radius 2 is 2.00 bits per heavy atom. The maximum atomic E-state index is 14.9. The summed E-state index contributed by atoms with van der Waals surface area (Å²) in [5, 5.41) is 9.58. The number of anilines is 2. The van der Waals surface area contributed by atoms with Crippen molar-refractivity contribution in [3.63, 3.8) is 0 Å². The van der Waals surface area contributed by atoms with E-state index in [1.165, 1.54) is 17.9 Å². The lowest BCUT2D eigenvalue weighted by Gasteiger charge is -2.15. The SMILES string of the molecule is CC(=O)NC[C@H]1CN(c2ccc(-c3ccc(CNc4cc(C)no4)cc3)c(F)c2)C(=O)O1. The van der Waals surface area contributed by atoms with Gasteiger partial charge in [0, 0.05) is 25.1 Å². The van der Waals surface area contributed by atoms with Crippen LogP contribution in [-0.4, -0.2) is 36.4 Å². The highest BCUT2D eigenvalue weighted by atomic mass is 19.1. The van der Waals surface area contributed by atoms with E-state index in [0.29, 0.717) is 23.7 Å². The van der Waals surface area contributed by atoms with Crippen LogP contribution in [0.5, 0.6) is 0 Å². The number of amides is 2. The summed E-state index contributed by atoms with van der Waals surface area (Å²) < 4.78 is 25.2. The van der Waals surface area contributed by atoms with Crippen LogP contribution in [0.2, 0.25) is 0 Å². The van der Waals surface area contributed by atoms with Crippen molar-refractivity contribution in [3.05, 3.63) is 65.6 Å².